The van der Waals surface area contributed by atoms with Gasteiger partial charge < -0.3 is 14.6 Å². The summed E-state index contributed by atoms with van der Waals surface area (Å²) < 4.78 is 11.0. The fourth-order valence-corrected chi connectivity index (χ4v) is 5.12. The molecule has 12 heteroatoms. The quantitative estimate of drug-likeness (QED) is 0.189. The number of esters is 1. The van der Waals surface area contributed by atoms with Gasteiger partial charge in [-0.1, -0.05) is 49.9 Å². The molecule has 11 nitrogen and oxygen atoms in total. The molecule has 0 saturated carbocycles. The van der Waals surface area contributed by atoms with Crippen LogP contribution in [0.1, 0.15) is 66.2 Å². The summed E-state index contributed by atoms with van der Waals surface area (Å²) >= 11 is 0. The smallest absolute Gasteiger partial charge is 0.323 e. The Bertz CT molecular complexity index is 1270. The number of para-hydroxylation sites is 2. The number of halogens is 1. The molecule has 0 aromatic heterocycles. The first-order valence-electron chi connectivity index (χ1n) is 13.9. The van der Waals surface area contributed by atoms with Gasteiger partial charge in [-0.3, -0.25) is 39.1 Å². The molecule has 0 fully saturated rings. The van der Waals surface area contributed by atoms with Crippen LogP contribution in [0.4, 0.5) is 5.69 Å². The maximum absolute atomic E-state index is 13.4. The molecule has 2 aromatic carbocycles. The van der Waals surface area contributed by atoms with E-state index in [0.29, 0.717) is 48.4 Å². The highest BCUT2D eigenvalue weighted by Crippen LogP contribution is 2.31. The molecule has 226 valence electrons. The number of ether oxygens (including phenoxy) is 2. The predicted molar refractivity (Wildman–Crippen MR) is 156 cm³/mol. The Morgan fingerprint density at radius 3 is 2.24 bits per heavy atom. The highest BCUT2D eigenvalue weighted by molar-refractivity contribution is 6.21. The van der Waals surface area contributed by atoms with E-state index in [1.54, 1.807) is 55.5 Å². The lowest BCUT2D eigenvalue weighted by molar-refractivity contribution is -0.146. The maximum atomic E-state index is 13.4. The summed E-state index contributed by atoms with van der Waals surface area (Å²) in [5.74, 6) is -2.27. The van der Waals surface area contributed by atoms with Gasteiger partial charge in [-0.05, 0) is 44.0 Å². The molecular weight excluding hydrogens is 566 g/mol. The van der Waals surface area contributed by atoms with E-state index < -0.39 is 36.5 Å². The van der Waals surface area contributed by atoms with Crippen LogP contribution in [0.5, 0.6) is 5.75 Å². The van der Waals surface area contributed by atoms with Crippen molar-refractivity contribution in [3.63, 3.8) is 0 Å². The number of carbonyl (C=O) groups is 5. The van der Waals surface area contributed by atoms with Gasteiger partial charge in [0.1, 0.15) is 31.0 Å². The molecule has 2 atom stereocenters. The molecule has 0 spiro atoms. The zero-order chi connectivity index (χ0) is 29.4. The highest BCUT2D eigenvalue weighted by Gasteiger charge is 2.36. The number of unbranched alkanes of at least 4 members (excludes halogenated alkanes) is 4. The molecule has 0 aliphatic carbocycles. The Labute approximate surface area is 250 Å². The minimum Gasteiger partial charge on any atom is -0.489 e. The Kier molecular flexibility index (Phi) is 11.9. The Balaban J connectivity index is 0.00000484. The molecule has 4 rings (SSSR count). The van der Waals surface area contributed by atoms with Gasteiger partial charge in [-0.25, -0.2) is 0 Å². The number of carboxylic acid groups (broad SMARTS) is 1. The largest absolute Gasteiger partial charge is 0.489 e. The summed E-state index contributed by atoms with van der Waals surface area (Å²) in [7, 11) is 0. The van der Waals surface area contributed by atoms with Crippen molar-refractivity contribution >= 4 is 47.8 Å². The zero-order valence-corrected chi connectivity index (χ0v) is 24.3. The number of carboxylic acids is 1. The van der Waals surface area contributed by atoms with Gasteiger partial charge in [-0.2, -0.15) is 0 Å². The Morgan fingerprint density at radius 2 is 1.57 bits per heavy atom. The van der Waals surface area contributed by atoms with E-state index >= 15 is 0 Å². The number of rotatable bonds is 14. The van der Waals surface area contributed by atoms with Crippen molar-refractivity contribution in [2.45, 2.75) is 57.5 Å². The molecular formula is C30H36ClN3O8. The third-order valence-corrected chi connectivity index (χ3v) is 7.15. The Morgan fingerprint density at radius 1 is 0.952 bits per heavy atom. The van der Waals surface area contributed by atoms with Crippen LogP contribution in [0.15, 0.2) is 48.5 Å². The van der Waals surface area contributed by atoms with Crippen molar-refractivity contribution in [1.82, 2.24) is 10.2 Å². The SMILES string of the molecule is CCOC(=O)[C@H](CCCCCCCN1C(=O)c2ccccc2C1=O)N[C@H]1COc2ccccc2N(CC(=O)O)C1=O.Cl. The molecule has 2 aliphatic heterocycles. The zero-order valence-electron chi connectivity index (χ0n) is 23.5. The number of fused-ring (bicyclic) bond motifs is 2. The number of hydrogen-bond acceptors (Lipinski definition) is 8. The first-order valence-corrected chi connectivity index (χ1v) is 13.9. The summed E-state index contributed by atoms with van der Waals surface area (Å²) in [6.07, 6.45) is 4.20. The van der Waals surface area contributed by atoms with E-state index in [4.69, 9.17) is 9.47 Å². The molecule has 42 heavy (non-hydrogen) atoms. The van der Waals surface area contributed by atoms with E-state index in [1.807, 2.05) is 0 Å². The lowest BCUT2D eigenvalue weighted by Gasteiger charge is -2.26. The van der Waals surface area contributed by atoms with Crippen molar-refractivity contribution in [3.8, 4) is 5.75 Å². The standard InChI is InChI=1S/C30H35N3O8.ClH/c1-2-40-30(39)22(31-23-19-41-25-16-10-9-15-24(25)33(29(23)38)18-26(34)35)14-6-4-3-5-11-17-32-27(36)20-12-7-8-13-21(20)28(32)37;/h7-10,12-13,15-16,22-23,31H,2-6,11,14,17-19H2,1H3,(H,34,35);1H/t22-,23-;/m0./s1. The van der Waals surface area contributed by atoms with Gasteiger partial charge in [0.15, 0.2) is 0 Å². The fourth-order valence-electron chi connectivity index (χ4n) is 5.12. The monoisotopic (exact) mass is 601 g/mol. The molecule has 2 heterocycles. The minimum atomic E-state index is -1.17. The third kappa shape index (κ3) is 7.65. The molecule has 0 radical (unpaired) electrons. The van der Waals surface area contributed by atoms with E-state index in [-0.39, 0.29) is 37.4 Å². The van der Waals surface area contributed by atoms with Crippen molar-refractivity contribution in [2.24, 2.45) is 0 Å². The molecule has 0 bridgehead atoms. The van der Waals surface area contributed by atoms with Gasteiger partial charge in [0, 0.05) is 6.54 Å². The van der Waals surface area contributed by atoms with Crippen molar-refractivity contribution in [3.05, 3.63) is 59.7 Å². The Hall–Kier alpha value is -3.96. The number of anilines is 1. The van der Waals surface area contributed by atoms with Gasteiger partial charge in [0.05, 0.1) is 23.4 Å². The maximum Gasteiger partial charge on any atom is 0.323 e. The van der Waals surface area contributed by atoms with Crippen LogP contribution < -0.4 is 15.0 Å². The lowest BCUT2D eigenvalue weighted by Crippen LogP contribution is -2.54. The second-order valence-electron chi connectivity index (χ2n) is 9.98. The van der Waals surface area contributed by atoms with Crippen LogP contribution in [-0.2, 0) is 19.1 Å². The van der Waals surface area contributed by atoms with Gasteiger partial charge in [-0.15, -0.1) is 12.4 Å². The predicted octanol–water partition coefficient (Wildman–Crippen LogP) is 3.45. The molecule has 0 saturated heterocycles. The topological polar surface area (TPSA) is 143 Å². The van der Waals surface area contributed by atoms with Crippen molar-refractivity contribution in [2.75, 3.05) is 31.2 Å². The van der Waals surface area contributed by atoms with Crippen molar-refractivity contribution < 1.29 is 38.6 Å². The van der Waals surface area contributed by atoms with Crippen LogP contribution in [-0.4, -0.2) is 78.1 Å². The summed E-state index contributed by atoms with van der Waals surface area (Å²) in [4.78, 5) is 65.0. The highest BCUT2D eigenvalue weighted by atomic mass is 35.5. The second-order valence-corrected chi connectivity index (χ2v) is 9.98. The molecule has 2 aliphatic rings. The van der Waals surface area contributed by atoms with E-state index in [0.717, 1.165) is 24.2 Å². The molecule has 3 amide bonds. The fraction of sp³-hybridized carbons (Fsp3) is 0.433. The number of nitrogens with one attached hydrogen (secondary N) is 1. The van der Waals surface area contributed by atoms with Crippen LogP contribution in [0.25, 0.3) is 0 Å². The number of benzene rings is 2. The van der Waals surface area contributed by atoms with Gasteiger partial charge >= 0.3 is 11.9 Å². The van der Waals surface area contributed by atoms with Gasteiger partial charge in [0.25, 0.3) is 11.8 Å². The normalized spacial score (nSPS) is 16.6. The van der Waals surface area contributed by atoms with Crippen LogP contribution in [0.3, 0.4) is 0 Å². The molecule has 2 aromatic rings. The molecule has 2 N–H and O–H groups in total. The first-order chi connectivity index (χ1) is 19.8. The second kappa shape index (κ2) is 15.3. The van der Waals surface area contributed by atoms with E-state index in [2.05, 4.69) is 5.32 Å². The van der Waals surface area contributed by atoms with Gasteiger partial charge in [0.2, 0.25) is 5.91 Å². The number of aliphatic carboxylic acids is 1. The summed E-state index contributed by atoms with van der Waals surface area (Å²) in [5, 5.41) is 12.5. The first kappa shape index (κ1) is 32.6. The van der Waals surface area contributed by atoms with Crippen molar-refractivity contribution in [1.29, 1.82) is 0 Å². The van der Waals surface area contributed by atoms with Crippen LogP contribution in [0.2, 0.25) is 0 Å². The number of hydrogen-bond donors (Lipinski definition) is 2. The van der Waals surface area contributed by atoms with Crippen LogP contribution >= 0.6 is 12.4 Å². The summed E-state index contributed by atoms with van der Waals surface area (Å²) in [6.45, 7) is 1.63. The lowest BCUT2D eigenvalue weighted by atomic mass is 10.0. The van der Waals surface area contributed by atoms with E-state index in [9.17, 15) is 29.1 Å². The number of nitrogens with zero attached hydrogens (tertiary/aromatic N) is 2. The average molecular weight is 602 g/mol. The molecule has 0 unspecified atom stereocenters. The summed E-state index contributed by atoms with van der Waals surface area (Å²) in [6, 6.07) is 11.8. The number of imide groups is 1. The third-order valence-electron chi connectivity index (χ3n) is 7.15. The number of amides is 3. The number of carbonyl (C=O) groups excluding carboxylic acids is 4. The van der Waals surface area contributed by atoms with E-state index in [1.165, 1.54) is 4.90 Å². The summed E-state index contributed by atoms with van der Waals surface area (Å²) in [5.41, 5.74) is 1.25. The van der Waals surface area contributed by atoms with Crippen LogP contribution in [0, 0.1) is 0 Å². The average Bonchev–Trinajstić information content (AvgIpc) is 3.12. The minimum absolute atomic E-state index is 0.